The van der Waals surface area contributed by atoms with E-state index < -0.39 is 0 Å². The molecular weight excluding hydrogens is 404 g/mol. The number of nitrogens with zero attached hydrogens (tertiary/aromatic N) is 2. The van der Waals surface area contributed by atoms with Crippen molar-refractivity contribution in [2.45, 2.75) is 19.4 Å². The highest BCUT2D eigenvalue weighted by Crippen LogP contribution is 2.35. The molecule has 30 heavy (non-hydrogen) atoms. The Morgan fingerprint density at radius 3 is 2.87 bits per heavy atom. The molecular formula is C21H20N4O4S. The maximum absolute atomic E-state index is 12.5. The van der Waals surface area contributed by atoms with Crippen LogP contribution in [0.3, 0.4) is 0 Å². The molecule has 0 saturated carbocycles. The maximum atomic E-state index is 12.5. The summed E-state index contributed by atoms with van der Waals surface area (Å²) in [4.78, 5) is 31.1. The minimum absolute atomic E-state index is 0.0485. The topological polar surface area (TPSA) is 92.8 Å². The molecule has 3 heterocycles. The van der Waals surface area contributed by atoms with Gasteiger partial charge in [0.05, 0.1) is 16.3 Å². The lowest BCUT2D eigenvalue weighted by molar-refractivity contribution is -0.117. The van der Waals surface area contributed by atoms with Gasteiger partial charge in [0.2, 0.25) is 5.91 Å². The quantitative estimate of drug-likeness (QED) is 0.673. The van der Waals surface area contributed by atoms with Crippen LogP contribution in [-0.4, -0.2) is 42.7 Å². The molecule has 2 aromatic carbocycles. The lowest BCUT2D eigenvalue weighted by Crippen LogP contribution is -2.39. The number of hydrogen-bond acceptors (Lipinski definition) is 6. The summed E-state index contributed by atoms with van der Waals surface area (Å²) in [6.45, 7) is 3.39. The zero-order valence-electron chi connectivity index (χ0n) is 16.3. The normalized spacial score (nSPS) is 18.0. The van der Waals surface area contributed by atoms with E-state index in [-0.39, 0.29) is 24.4 Å². The van der Waals surface area contributed by atoms with Crippen molar-refractivity contribution in [3.8, 4) is 11.5 Å². The summed E-state index contributed by atoms with van der Waals surface area (Å²) >= 11 is 1.42. The number of hydrogen-bond donors (Lipinski definition) is 2. The molecule has 2 N–H and O–H groups in total. The van der Waals surface area contributed by atoms with Crippen LogP contribution < -0.4 is 25.0 Å². The molecule has 1 aromatic heterocycles. The second-order valence-electron chi connectivity index (χ2n) is 7.27. The van der Waals surface area contributed by atoms with Gasteiger partial charge < -0.3 is 19.7 Å². The fraction of sp³-hybridized carbons (Fsp3) is 0.286. The van der Waals surface area contributed by atoms with Gasteiger partial charge in [0, 0.05) is 24.7 Å². The molecule has 8 nitrogen and oxygen atoms in total. The van der Waals surface area contributed by atoms with Gasteiger partial charge in [0.15, 0.2) is 16.6 Å². The third-order valence-corrected chi connectivity index (χ3v) is 6.07. The van der Waals surface area contributed by atoms with E-state index >= 15 is 0 Å². The highest BCUT2D eigenvalue weighted by Gasteiger charge is 2.32. The number of para-hydroxylation sites is 1. The molecule has 1 atom stereocenters. The molecule has 1 saturated heterocycles. The molecule has 0 bridgehead atoms. The average molecular weight is 424 g/mol. The first-order valence-corrected chi connectivity index (χ1v) is 10.5. The Balaban J connectivity index is 1.24. The first-order valence-electron chi connectivity index (χ1n) is 9.70. The van der Waals surface area contributed by atoms with Gasteiger partial charge in [0.1, 0.15) is 13.2 Å². The third-order valence-electron chi connectivity index (χ3n) is 5.14. The molecule has 5 rings (SSSR count). The molecule has 1 fully saturated rings. The fourth-order valence-electron chi connectivity index (χ4n) is 3.71. The summed E-state index contributed by atoms with van der Waals surface area (Å²) in [7, 11) is 0. The molecule has 154 valence electrons. The SMILES string of the molecule is Cc1cccc2sc(NC(=O)NC3CC(=O)N(c4ccc5c(c4)OCCO5)C3)nc12. The zero-order valence-corrected chi connectivity index (χ0v) is 17.1. The van der Waals surface area contributed by atoms with Crippen LogP contribution in [0.5, 0.6) is 11.5 Å². The number of thiazole rings is 1. The number of carbonyl (C=O) groups is 2. The monoisotopic (exact) mass is 424 g/mol. The standard InChI is InChI=1S/C21H20N4O4S/c1-12-3-2-4-17-19(12)23-21(30-17)24-20(27)22-13-9-18(26)25(11-13)14-5-6-15-16(10-14)29-8-7-28-15/h2-6,10,13H,7-9,11H2,1H3,(H2,22,23,24,27). The van der Waals surface area contributed by atoms with Crippen LogP contribution in [0.25, 0.3) is 10.2 Å². The van der Waals surface area contributed by atoms with Crippen molar-refractivity contribution in [1.29, 1.82) is 0 Å². The summed E-state index contributed by atoms with van der Waals surface area (Å²) in [5.74, 6) is 1.26. The number of benzene rings is 2. The number of fused-ring (bicyclic) bond motifs is 2. The Morgan fingerprint density at radius 1 is 1.20 bits per heavy atom. The Kier molecular flexibility index (Phi) is 4.66. The molecule has 0 aliphatic carbocycles. The maximum Gasteiger partial charge on any atom is 0.321 e. The van der Waals surface area contributed by atoms with E-state index in [1.807, 2.05) is 31.2 Å². The van der Waals surface area contributed by atoms with Gasteiger partial charge in [0.25, 0.3) is 0 Å². The van der Waals surface area contributed by atoms with Crippen LogP contribution in [0.1, 0.15) is 12.0 Å². The van der Waals surface area contributed by atoms with Gasteiger partial charge in [-0.15, -0.1) is 0 Å². The van der Waals surface area contributed by atoms with Gasteiger partial charge in [-0.2, -0.15) is 0 Å². The van der Waals surface area contributed by atoms with E-state index in [4.69, 9.17) is 9.47 Å². The van der Waals surface area contributed by atoms with Crippen LogP contribution in [-0.2, 0) is 4.79 Å². The predicted molar refractivity (Wildman–Crippen MR) is 115 cm³/mol. The van der Waals surface area contributed by atoms with Crippen molar-refractivity contribution in [2.75, 3.05) is 30.0 Å². The summed E-state index contributed by atoms with van der Waals surface area (Å²) in [5, 5.41) is 6.20. The molecule has 1 unspecified atom stereocenters. The first-order chi connectivity index (χ1) is 14.6. The number of anilines is 2. The van der Waals surface area contributed by atoms with E-state index in [9.17, 15) is 9.59 Å². The number of aromatic nitrogens is 1. The predicted octanol–water partition coefficient (Wildman–Crippen LogP) is 3.30. The van der Waals surface area contributed by atoms with E-state index in [0.29, 0.717) is 36.4 Å². The third kappa shape index (κ3) is 3.52. The number of urea groups is 1. The second kappa shape index (κ2) is 7.49. The lowest BCUT2D eigenvalue weighted by Gasteiger charge is -2.22. The highest BCUT2D eigenvalue weighted by atomic mass is 32.1. The van der Waals surface area contributed by atoms with Crippen molar-refractivity contribution >= 4 is 44.3 Å². The van der Waals surface area contributed by atoms with E-state index in [1.165, 1.54) is 11.3 Å². The molecule has 3 aromatic rings. The van der Waals surface area contributed by atoms with Gasteiger partial charge in [-0.05, 0) is 30.7 Å². The number of carbonyl (C=O) groups excluding carboxylic acids is 2. The molecule has 2 aliphatic rings. The lowest BCUT2D eigenvalue weighted by atomic mass is 10.2. The van der Waals surface area contributed by atoms with Crippen molar-refractivity contribution in [1.82, 2.24) is 10.3 Å². The summed E-state index contributed by atoms with van der Waals surface area (Å²) in [5.41, 5.74) is 2.68. The second-order valence-corrected chi connectivity index (χ2v) is 8.30. The van der Waals surface area contributed by atoms with Gasteiger partial charge >= 0.3 is 6.03 Å². The van der Waals surface area contributed by atoms with Crippen LogP contribution in [0.2, 0.25) is 0 Å². The zero-order chi connectivity index (χ0) is 20.7. The van der Waals surface area contributed by atoms with Gasteiger partial charge in [-0.1, -0.05) is 23.5 Å². The van der Waals surface area contributed by atoms with E-state index in [0.717, 1.165) is 21.5 Å². The Morgan fingerprint density at radius 2 is 2.03 bits per heavy atom. The van der Waals surface area contributed by atoms with Gasteiger partial charge in [-0.25, -0.2) is 9.78 Å². The van der Waals surface area contributed by atoms with E-state index in [1.54, 1.807) is 17.0 Å². The number of rotatable bonds is 3. The molecule has 0 spiro atoms. The molecule has 0 radical (unpaired) electrons. The van der Waals surface area contributed by atoms with Crippen molar-refractivity contribution < 1.29 is 19.1 Å². The average Bonchev–Trinajstić information content (AvgIpc) is 3.31. The van der Waals surface area contributed by atoms with Crippen molar-refractivity contribution in [3.05, 3.63) is 42.0 Å². The summed E-state index contributed by atoms with van der Waals surface area (Å²) < 4.78 is 12.1. The highest BCUT2D eigenvalue weighted by molar-refractivity contribution is 7.22. The van der Waals surface area contributed by atoms with E-state index in [2.05, 4.69) is 15.6 Å². The summed E-state index contributed by atoms with van der Waals surface area (Å²) in [6.07, 6.45) is 0.237. The Labute approximate surface area is 176 Å². The molecule has 3 amide bonds. The van der Waals surface area contributed by atoms with Crippen LogP contribution in [0, 0.1) is 6.92 Å². The largest absolute Gasteiger partial charge is 0.486 e. The Bertz CT molecular complexity index is 1150. The summed E-state index contributed by atoms with van der Waals surface area (Å²) in [6, 6.07) is 10.7. The minimum atomic E-state index is -0.367. The first kappa shape index (κ1) is 18.7. The van der Waals surface area contributed by atoms with Crippen LogP contribution in [0.4, 0.5) is 15.6 Å². The number of ether oxygens (including phenoxy) is 2. The number of nitrogens with one attached hydrogen (secondary N) is 2. The molecule has 2 aliphatic heterocycles. The van der Waals surface area contributed by atoms with Crippen LogP contribution >= 0.6 is 11.3 Å². The Hall–Kier alpha value is -3.33. The van der Waals surface area contributed by atoms with Crippen molar-refractivity contribution in [3.63, 3.8) is 0 Å². The van der Waals surface area contributed by atoms with Crippen molar-refractivity contribution in [2.24, 2.45) is 0 Å². The van der Waals surface area contributed by atoms with Crippen LogP contribution in [0.15, 0.2) is 36.4 Å². The van der Waals surface area contributed by atoms with Gasteiger partial charge in [-0.3, -0.25) is 10.1 Å². The molecule has 9 heteroatoms. The number of aryl methyl sites for hydroxylation is 1. The smallest absolute Gasteiger partial charge is 0.321 e. The fourth-order valence-corrected chi connectivity index (χ4v) is 4.65. The number of amides is 3. The minimum Gasteiger partial charge on any atom is -0.486 e.